The SMILES string of the molecule is Cc1nc(N)nc(NC(C)c2nc3ccn(C)c3cc2-c2ccc(O)cc2)c1C#N. The number of aryl methyl sites for hydroxylation is 2. The number of rotatable bonds is 4. The summed E-state index contributed by atoms with van der Waals surface area (Å²) < 4.78 is 2.01. The van der Waals surface area contributed by atoms with Gasteiger partial charge in [-0.15, -0.1) is 0 Å². The van der Waals surface area contributed by atoms with Crippen molar-refractivity contribution in [2.45, 2.75) is 19.9 Å². The summed E-state index contributed by atoms with van der Waals surface area (Å²) in [5, 5.41) is 22.5. The smallest absolute Gasteiger partial charge is 0.222 e. The molecule has 3 heterocycles. The molecule has 0 saturated heterocycles. The molecule has 8 heteroatoms. The van der Waals surface area contributed by atoms with Gasteiger partial charge in [0.25, 0.3) is 0 Å². The van der Waals surface area contributed by atoms with Crippen LogP contribution in [0.5, 0.6) is 5.75 Å². The van der Waals surface area contributed by atoms with Crippen LogP contribution in [0.4, 0.5) is 11.8 Å². The van der Waals surface area contributed by atoms with Gasteiger partial charge in [0, 0.05) is 18.8 Å². The van der Waals surface area contributed by atoms with Crippen molar-refractivity contribution in [3.63, 3.8) is 0 Å². The molecule has 0 aliphatic rings. The minimum Gasteiger partial charge on any atom is -0.508 e. The number of hydrogen-bond donors (Lipinski definition) is 3. The molecule has 0 aliphatic carbocycles. The number of nitrogens with zero attached hydrogens (tertiary/aromatic N) is 5. The molecule has 1 unspecified atom stereocenters. The van der Waals surface area contributed by atoms with Crippen LogP contribution in [0.3, 0.4) is 0 Å². The molecule has 0 spiro atoms. The molecule has 0 bridgehead atoms. The number of nitriles is 1. The van der Waals surface area contributed by atoms with Crippen LogP contribution >= 0.6 is 0 Å². The number of phenolic OH excluding ortho intramolecular Hbond substituents is 1. The summed E-state index contributed by atoms with van der Waals surface area (Å²) in [5.41, 5.74) is 11.2. The summed E-state index contributed by atoms with van der Waals surface area (Å²) in [6.45, 7) is 3.68. The second kappa shape index (κ2) is 7.37. The molecule has 1 aromatic carbocycles. The van der Waals surface area contributed by atoms with E-state index in [9.17, 15) is 10.4 Å². The number of fused-ring (bicyclic) bond motifs is 1. The number of aromatic nitrogens is 4. The van der Waals surface area contributed by atoms with Gasteiger partial charge in [0.1, 0.15) is 23.2 Å². The van der Waals surface area contributed by atoms with Crippen molar-refractivity contribution in [2.75, 3.05) is 11.1 Å². The van der Waals surface area contributed by atoms with Crippen LogP contribution in [-0.2, 0) is 7.05 Å². The highest BCUT2D eigenvalue weighted by atomic mass is 16.3. The molecule has 30 heavy (non-hydrogen) atoms. The number of aromatic hydroxyl groups is 1. The molecule has 0 aliphatic heterocycles. The number of anilines is 2. The lowest BCUT2D eigenvalue weighted by atomic mass is 9.99. The highest BCUT2D eigenvalue weighted by Gasteiger charge is 2.19. The van der Waals surface area contributed by atoms with Gasteiger partial charge in [-0.1, -0.05) is 12.1 Å². The maximum Gasteiger partial charge on any atom is 0.222 e. The van der Waals surface area contributed by atoms with Crippen LogP contribution in [0, 0.1) is 18.3 Å². The number of phenols is 1. The van der Waals surface area contributed by atoms with E-state index < -0.39 is 0 Å². The Bertz CT molecular complexity index is 1290. The highest BCUT2D eigenvalue weighted by Crippen LogP contribution is 2.33. The zero-order valence-electron chi connectivity index (χ0n) is 16.9. The number of hydrogen-bond acceptors (Lipinski definition) is 7. The van der Waals surface area contributed by atoms with Crippen molar-refractivity contribution in [3.8, 4) is 22.9 Å². The van der Waals surface area contributed by atoms with Gasteiger partial charge in [-0.05, 0) is 43.7 Å². The van der Waals surface area contributed by atoms with Gasteiger partial charge in [0.15, 0.2) is 0 Å². The predicted octanol–water partition coefficient (Wildman–Crippen LogP) is 3.67. The highest BCUT2D eigenvalue weighted by molar-refractivity contribution is 5.83. The van der Waals surface area contributed by atoms with E-state index in [1.165, 1.54) is 0 Å². The molecular formula is C22H21N7O. The second-order valence-corrected chi connectivity index (χ2v) is 7.17. The summed E-state index contributed by atoms with van der Waals surface area (Å²) in [7, 11) is 1.97. The summed E-state index contributed by atoms with van der Waals surface area (Å²) in [4.78, 5) is 13.2. The van der Waals surface area contributed by atoms with Crippen molar-refractivity contribution in [1.82, 2.24) is 19.5 Å². The van der Waals surface area contributed by atoms with E-state index in [0.29, 0.717) is 17.1 Å². The minimum absolute atomic E-state index is 0.103. The Morgan fingerprint density at radius 3 is 2.60 bits per heavy atom. The van der Waals surface area contributed by atoms with Gasteiger partial charge in [-0.2, -0.15) is 10.2 Å². The first kappa shape index (κ1) is 19.2. The molecule has 1 atom stereocenters. The largest absolute Gasteiger partial charge is 0.508 e. The van der Waals surface area contributed by atoms with E-state index in [1.54, 1.807) is 19.1 Å². The third kappa shape index (κ3) is 3.37. The molecule has 150 valence electrons. The third-order valence-corrected chi connectivity index (χ3v) is 5.06. The first-order chi connectivity index (χ1) is 14.4. The first-order valence-corrected chi connectivity index (χ1v) is 9.43. The molecule has 4 aromatic rings. The fourth-order valence-corrected chi connectivity index (χ4v) is 3.51. The monoisotopic (exact) mass is 399 g/mol. The molecule has 0 amide bonds. The van der Waals surface area contributed by atoms with Crippen LogP contribution in [0.2, 0.25) is 0 Å². The van der Waals surface area contributed by atoms with Crippen molar-refractivity contribution in [1.29, 1.82) is 5.26 Å². The Labute approximate surface area is 173 Å². The minimum atomic E-state index is -0.279. The van der Waals surface area contributed by atoms with E-state index >= 15 is 0 Å². The number of nitrogen functional groups attached to an aromatic ring is 1. The Kier molecular flexibility index (Phi) is 4.72. The van der Waals surface area contributed by atoms with Gasteiger partial charge in [-0.25, -0.2) is 9.97 Å². The molecule has 4 N–H and O–H groups in total. The Morgan fingerprint density at radius 1 is 1.17 bits per heavy atom. The Morgan fingerprint density at radius 2 is 1.90 bits per heavy atom. The van der Waals surface area contributed by atoms with Crippen LogP contribution < -0.4 is 11.1 Å². The molecule has 8 nitrogen and oxygen atoms in total. The molecule has 0 fully saturated rings. The maximum absolute atomic E-state index is 9.68. The normalized spacial score (nSPS) is 11.9. The molecule has 0 saturated carbocycles. The quantitative estimate of drug-likeness (QED) is 0.478. The second-order valence-electron chi connectivity index (χ2n) is 7.17. The topological polar surface area (TPSA) is 126 Å². The van der Waals surface area contributed by atoms with Crippen molar-refractivity contribution in [2.24, 2.45) is 7.05 Å². The van der Waals surface area contributed by atoms with Gasteiger partial charge < -0.3 is 20.7 Å². The van der Waals surface area contributed by atoms with Crippen molar-refractivity contribution < 1.29 is 5.11 Å². The zero-order chi connectivity index (χ0) is 21.4. The summed E-state index contributed by atoms with van der Waals surface area (Å²) in [6.07, 6.45) is 1.96. The predicted molar refractivity (Wildman–Crippen MR) is 116 cm³/mol. The molecule has 0 radical (unpaired) electrons. The van der Waals surface area contributed by atoms with Crippen LogP contribution in [0.15, 0.2) is 42.6 Å². The number of pyridine rings is 1. The van der Waals surface area contributed by atoms with Gasteiger partial charge in [0.2, 0.25) is 5.95 Å². The standard InChI is InChI=1S/C22H21N7O/c1-12-17(11-23)21(28-22(24)26-12)25-13(2)20-16(14-4-6-15(30)7-5-14)10-19-18(27-20)8-9-29(19)3/h4-10,13,30H,1-3H3,(H3,24,25,26,28). The van der Waals surface area contributed by atoms with Crippen molar-refractivity contribution >= 4 is 22.8 Å². The molecule has 4 rings (SSSR count). The lowest BCUT2D eigenvalue weighted by Gasteiger charge is -2.19. The summed E-state index contributed by atoms with van der Waals surface area (Å²) in [6, 6.07) is 12.9. The van der Waals surface area contributed by atoms with E-state index in [0.717, 1.165) is 27.9 Å². The van der Waals surface area contributed by atoms with Gasteiger partial charge in [0.05, 0.1) is 28.5 Å². The van der Waals surface area contributed by atoms with Gasteiger partial charge >= 0.3 is 0 Å². The first-order valence-electron chi connectivity index (χ1n) is 9.43. The summed E-state index contributed by atoms with van der Waals surface area (Å²) in [5.74, 6) is 0.679. The van der Waals surface area contributed by atoms with E-state index in [4.69, 9.17) is 10.7 Å². The zero-order valence-corrected chi connectivity index (χ0v) is 16.9. The Balaban J connectivity index is 1.84. The third-order valence-electron chi connectivity index (χ3n) is 5.06. The maximum atomic E-state index is 9.68. The van der Waals surface area contributed by atoms with E-state index in [-0.39, 0.29) is 17.7 Å². The van der Waals surface area contributed by atoms with Gasteiger partial charge in [-0.3, -0.25) is 0 Å². The van der Waals surface area contributed by atoms with Crippen LogP contribution in [0.1, 0.15) is 29.9 Å². The molecular weight excluding hydrogens is 378 g/mol. The lowest BCUT2D eigenvalue weighted by molar-refractivity contribution is 0.475. The van der Waals surface area contributed by atoms with Crippen LogP contribution in [-0.4, -0.2) is 24.6 Å². The summed E-state index contributed by atoms with van der Waals surface area (Å²) >= 11 is 0. The Hall–Kier alpha value is -4.12. The average Bonchev–Trinajstić information content (AvgIpc) is 3.07. The number of benzene rings is 1. The van der Waals surface area contributed by atoms with E-state index in [2.05, 4.69) is 27.4 Å². The average molecular weight is 399 g/mol. The number of nitrogens with two attached hydrogens (primary N) is 1. The lowest BCUT2D eigenvalue weighted by Crippen LogP contribution is -2.14. The fraction of sp³-hybridized carbons (Fsp3) is 0.182. The number of nitrogens with one attached hydrogen (secondary N) is 1. The van der Waals surface area contributed by atoms with Crippen LogP contribution in [0.25, 0.3) is 22.2 Å². The fourth-order valence-electron chi connectivity index (χ4n) is 3.51. The van der Waals surface area contributed by atoms with Crippen molar-refractivity contribution in [3.05, 3.63) is 59.5 Å². The van der Waals surface area contributed by atoms with E-state index in [1.807, 2.05) is 42.9 Å². The molecule has 3 aromatic heterocycles.